The number of carbonyl (C=O) groups excluding carboxylic acids is 1. The third kappa shape index (κ3) is 5.14. The molecule has 1 atom stereocenters. The first-order valence-electron chi connectivity index (χ1n) is 14.6. The number of hydrogen-bond donors (Lipinski definition) is 1. The van der Waals surface area contributed by atoms with E-state index < -0.39 is 40.5 Å². The van der Waals surface area contributed by atoms with Crippen molar-refractivity contribution in [2.45, 2.75) is 58.7 Å². The number of nitrogens with zero attached hydrogens (tertiary/aromatic N) is 8. The zero-order chi connectivity index (χ0) is 33.3. The van der Waals surface area contributed by atoms with E-state index in [9.17, 15) is 14.7 Å². The molecule has 1 aromatic carbocycles. The van der Waals surface area contributed by atoms with Crippen molar-refractivity contribution in [1.29, 1.82) is 0 Å². The van der Waals surface area contributed by atoms with E-state index in [1.807, 2.05) is 25.7 Å². The number of pyridine rings is 1. The number of phenols is 1. The number of aromatic nitrogens is 5. The first-order chi connectivity index (χ1) is 21.6. The van der Waals surface area contributed by atoms with Gasteiger partial charge in [0.05, 0.1) is 29.9 Å². The zero-order valence-corrected chi connectivity index (χ0v) is 26.9. The SMILES string of the molecule is [C-]#[N+]c1cnn(C(C)(C)C)c1-n1c(=O)nc2c3c(c(Cl)c(-c4c(O)cccc4F)nc31)OC[C@H]1CN(C(=O)OC(C)(C)C)CCN21. The Bertz CT molecular complexity index is 1990. The zero-order valence-electron chi connectivity index (χ0n) is 26.1. The molecule has 0 bridgehead atoms. The Morgan fingerprint density at radius 2 is 1.93 bits per heavy atom. The third-order valence-electron chi connectivity index (χ3n) is 7.65. The lowest BCUT2D eigenvalue weighted by atomic mass is 10.1. The first kappa shape index (κ1) is 31.1. The highest BCUT2D eigenvalue weighted by Crippen LogP contribution is 2.47. The van der Waals surface area contributed by atoms with Crippen molar-refractivity contribution in [1.82, 2.24) is 29.2 Å². The number of halogens is 2. The number of ether oxygens (including phenoxy) is 2. The van der Waals surface area contributed by atoms with E-state index in [2.05, 4.69) is 14.9 Å². The quantitative estimate of drug-likeness (QED) is 0.288. The van der Waals surface area contributed by atoms with Crippen molar-refractivity contribution in [2.75, 3.05) is 31.1 Å². The summed E-state index contributed by atoms with van der Waals surface area (Å²) >= 11 is 6.92. The molecule has 0 aliphatic carbocycles. The van der Waals surface area contributed by atoms with Gasteiger partial charge in [0.1, 0.15) is 51.5 Å². The molecule has 5 heterocycles. The van der Waals surface area contributed by atoms with Crippen molar-refractivity contribution in [2.24, 2.45) is 0 Å². The van der Waals surface area contributed by atoms with Crippen LogP contribution in [0.15, 0.2) is 29.2 Å². The van der Waals surface area contributed by atoms with Gasteiger partial charge < -0.3 is 24.4 Å². The lowest BCUT2D eigenvalue weighted by Crippen LogP contribution is -2.57. The van der Waals surface area contributed by atoms with Crippen molar-refractivity contribution in [3.05, 3.63) is 57.1 Å². The summed E-state index contributed by atoms with van der Waals surface area (Å²) in [7, 11) is 0. The highest BCUT2D eigenvalue weighted by Gasteiger charge is 2.39. The Kier molecular flexibility index (Phi) is 7.35. The average Bonchev–Trinajstić information content (AvgIpc) is 3.33. The number of benzene rings is 1. The van der Waals surface area contributed by atoms with Gasteiger partial charge >= 0.3 is 11.8 Å². The minimum Gasteiger partial charge on any atom is -0.507 e. The minimum absolute atomic E-state index is 0.0125. The molecule has 0 saturated carbocycles. The van der Waals surface area contributed by atoms with Gasteiger partial charge in [-0.25, -0.2) is 28.4 Å². The van der Waals surface area contributed by atoms with Crippen molar-refractivity contribution in [3.8, 4) is 28.6 Å². The molecule has 3 aromatic heterocycles. The molecule has 4 aromatic rings. The van der Waals surface area contributed by atoms with Crippen LogP contribution >= 0.6 is 11.6 Å². The fourth-order valence-electron chi connectivity index (χ4n) is 5.69. The fourth-order valence-corrected chi connectivity index (χ4v) is 5.97. The Labute approximate surface area is 268 Å². The standard InChI is InChI=1S/C31H32ClFN8O5/c1-30(2,3)41-27(18(34-7)13-35-41)40-26-21-24(22(32)23(36-26)20-17(33)9-8-10-19(20)42)45-15-16-14-38(29(44)46-31(4,5)6)11-12-39(16)25(21)37-28(40)43/h8-10,13,16,42H,11-12,14-15H2,1-6H3/t16-/m1/s1. The summed E-state index contributed by atoms with van der Waals surface area (Å²) in [6.45, 7) is 19.5. The molecular weight excluding hydrogens is 619 g/mol. The Morgan fingerprint density at radius 3 is 2.59 bits per heavy atom. The van der Waals surface area contributed by atoms with Crippen LogP contribution in [0.3, 0.4) is 0 Å². The predicted molar refractivity (Wildman–Crippen MR) is 169 cm³/mol. The number of phenolic OH excluding ortho intramolecular Hbond substituents is 1. The molecule has 46 heavy (non-hydrogen) atoms. The summed E-state index contributed by atoms with van der Waals surface area (Å²) < 4.78 is 29.9. The van der Waals surface area contributed by atoms with Gasteiger partial charge in [-0.3, -0.25) is 4.68 Å². The maximum Gasteiger partial charge on any atom is 0.410 e. The van der Waals surface area contributed by atoms with Crippen LogP contribution in [0.2, 0.25) is 5.02 Å². The summed E-state index contributed by atoms with van der Waals surface area (Å²) in [5, 5.41) is 15.3. The minimum atomic E-state index is -0.801. The normalized spacial score (nSPS) is 16.5. The molecule has 6 rings (SSSR count). The molecule has 1 fully saturated rings. The fraction of sp³-hybridized carbons (Fsp3) is 0.419. The Morgan fingerprint density at radius 1 is 1.20 bits per heavy atom. The molecular formula is C31H32ClFN8O5. The largest absolute Gasteiger partial charge is 0.507 e. The van der Waals surface area contributed by atoms with Crippen LogP contribution in [-0.2, 0) is 10.3 Å². The third-order valence-corrected chi connectivity index (χ3v) is 8.00. The summed E-state index contributed by atoms with van der Waals surface area (Å²) in [4.78, 5) is 43.3. The van der Waals surface area contributed by atoms with E-state index in [4.69, 9.17) is 32.6 Å². The van der Waals surface area contributed by atoms with Gasteiger partial charge in [-0.05, 0) is 53.7 Å². The van der Waals surface area contributed by atoms with E-state index >= 15 is 4.39 Å². The molecule has 1 amide bonds. The van der Waals surface area contributed by atoms with Crippen LogP contribution in [0.5, 0.6) is 11.5 Å². The van der Waals surface area contributed by atoms with Crippen LogP contribution in [-0.4, -0.2) is 78.3 Å². The van der Waals surface area contributed by atoms with Crippen LogP contribution in [0.4, 0.5) is 20.7 Å². The highest BCUT2D eigenvalue weighted by molar-refractivity contribution is 6.36. The maximum absolute atomic E-state index is 15.3. The van der Waals surface area contributed by atoms with Gasteiger partial charge in [-0.2, -0.15) is 10.1 Å². The summed E-state index contributed by atoms with van der Waals surface area (Å²) in [5.41, 5.74) is -2.60. The number of carbonyl (C=O) groups is 1. The Balaban J connectivity index is 1.64. The van der Waals surface area contributed by atoms with Gasteiger partial charge in [0.2, 0.25) is 5.69 Å². The van der Waals surface area contributed by atoms with Crippen LogP contribution in [0, 0.1) is 12.4 Å². The molecule has 1 saturated heterocycles. The molecule has 0 unspecified atom stereocenters. The first-order valence-corrected chi connectivity index (χ1v) is 15.0. The number of anilines is 1. The number of aromatic hydroxyl groups is 1. The Hall–Kier alpha value is -4.90. The smallest absolute Gasteiger partial charge is 0.410 e. The second-order valence-corrected chi connectivity index (χ2v) is 13.5. The van der Waals surface area contributed by atoms with Gasteiger partial charge in [0.25, 0.3) is 0 Å². The molecule has 15 heteroatoms. The molecule has 0 radical (unpaired) electrons. The second-order valence-electron chi connectivity index (χ2n) is 13.1. The van der Waals surface area contributed by atoms with Crippen molar-refractivity contribution in [3.63, 3.8) is 0 Å². The monoisotopic (exact) mass is 650 g/mol. The number of hydrogen-bond acceptors (Lipinski definition) is 9. The molecule has 0 spiro atoms. The van der Waals surface area contributed by atoms with E-state index in [0.717, 1.165) is 10.6 Å². The van der Waals surface area contributed by atoms with Crippen LogP contribution < -0.4 is 15.3 Å². The molecule has 2 aliphatic heterocycles. The van der Waals surface area contributed by atoms with Gasteiger partial charge in [0, 0.05) is 19.6 Å². The van der Waals surface area contributed by atoms with Gasteiger partial charge in [-0.15, -0.1) is 0 Å². The topological polar surface area (TPSA) is 132 Å². The van der Waals surface area contributed by atoms with Crippen molar-refractivity contribution >= 4 is 40.2 Å². The molecule has 13 nitrogen and oxygen atoms in total. The van der Waals surface area contributed by atoms with Crippen LogP contribution in [0.1, 0.15) is 41.5 Å². The van der Waals surface area contributed by atoms with Crippen molar-refractivity contribution < 1.29 is 23.8 Å². The summed E-state index contributed by atoms with van der Waals surface area (Å²) in [6, 6.07) is 3.31. The maximum atomic E-state index is 15.3. The lowest BCUT2D eigenvalue weighted by Gasteiger charge is -2.41. The van der Waals surface area contributed by atoms with E-state index in [1.165, 1.54) is 23.0 Å². The molecule has 2 aliphatic rings. The summed E-state index contributed by atoms with van der Waals surface area (Å²) in [6.07, 6.45) is 0.863. The molecule has 1 N–H and O–H groups in total. The van der Waals surface area contributed by atoms with Crippen LogP contribution in [0.25, 0.3) is 33.0 Å². The average molecular weight is 651 g/mol. The number of amides is 1. The lowest BCUT2D eigenvalue weighted by molar-refractivity contribution is 0.0202. The molecule has 240 valence electrons. The van der Waals surface area contributed by atoms with Gasteiger partial charge in [0.15, 0.2) is 11.4 Å². The van der Waals surface area contributed by atoms with Gasteiger partial charge in [-0.1, -0.05) is 17.7 Å². The second kappa shape index (κ2) is 10.9. The highest BCUT2D eigenvalue weighted by atomic mass is 35.5. The van der Waals surface area contributed by atoms with E-state index in [-0.39, 0.29) is 76.6 Å². The number of rotatable bonds is 2. The number of fused-ring (bicyclic) bond motifs is 2. The number of piperazine rings is 1. The summed E-state index contributed by atoms with van der Waals surface area (Å²) in [5.74, 6) is -0.853. The predicted octanol–water partition coefficient (Wildman–Crippen LogP) is 5.27. The van der Waals surface area contributed by atoms with E-state index in [1.54, 1.807) is 25.7 Å². The van der Waals surface area contributed by atoms with E-state index in [0.29, 0.717) is 0 Å².